The van der Waals surface area contributed by atoms with Gasteiger partial charge in [-0.1, -0.05) is 63.1 Å². The number of aromatic amines is 1. The molecule has 3 heteroatoms. The van der Waals surface area contributed by atoms with Crippen LogP contribution in [0.25, 0.3) is 34.4 Å². The van der Waals surface area contributed by atoms with E-state index in [4.69, 9.17) is 0 Å². The van der Waals surface area contributed by atoms with E-state index in [1.807, 2.05) is 30.3 Å². The molecule has 0 unspecified atom stereocenters. The van der Waals surface area contributed by atoms with Gasteiger partial charge in [0, 0.05) is 44.2 Å². The van der Waals surface area contributed by atoms with Gasteiger partial charge in [0.15, 0.2) is 0 Å². The van der Waals surface area contributed by atoms with Crippen molar-refractivity contribution in [1.29, 1.82) is 0 Å². The zero-order chi connectivity index (χ0) is 22.7. The lowest BCUT2D eigenvalue weighted by Gasteiger charge is -2.12. The van der Waals surface area contributed by atoms with Crippen molar-refractivity contribution in [3.63, 3.8) is 0 Å². The summed E-state index contributed by atoms with van der Waals surface area (Å²) >= 11 is 0. The molecule has 0 spiro atoms. The molecule has 3 aromatic carbocycles. The fourth-order valence-electron chi connectivity index (χ4n) is 3.90. The number of rotatable bonds is 7. The number of para-hydroxylation sites is 1. The molecule has 0 aliphatic rings. The molecule has 0 atom stereocenters. The SMILES string of the molecule is C=C(CC)c1ccc2[nH]c(=C)/c(=C(/C)Nc3ccc(C(=C)Nc4ccccc4)cc3)c2c1. The Kier molecular flexibility index (Phi) is 6.00. The normalized spacial score (nSPS) is 11.8. The van der Waals surface area contributed by atoms with Crippen LogP contribution in [0.5, 0.6) is 0 Å². The first-order valence-corrected chi connectivity index (χ1v) is 10.8. The minimum absolute atomic E-state index is 0.865. The van der Waals surface area contributed by atoms with Gasteiger partial charge in [0.05, 0.1) is 0 Å². The summed E-state index contributed by atoms with van der Waals surface area (Å²) in [5.41, 5.74) is 8.38. The Balaban J connectivity index is 1.61. The summed E-state index contributed by atoms with van der Waals surface area (Å²) in [6, 6.07) is 24.8. The van der Waals surface area contributed by atoms with Crippen LogP contribution in [-0.2, 0) is 0 Å². The van der Waals surface area contributed by atoms with E-state index in [0.717, 1.165) is 61.8 Å². The standard InChI is InChI=1S/C29H29N3/c1-6-19(2)24-14-17-28-27(18-24)29(22(5)32-28)21(4)31-26-15-12-23(13-16-26)20(3)30-25-10-8-7-9-11-25/h7-18,30-32H,2-3,5-6H2,1,4H3/b29-21+. The maximum absolute atomic E-state index is 4.23. The average Bonchev–Trinajstić information content (AvgIpc) is 3.14. The summed E-state index contributed by atoms with van der Waals surface area (Å²) in [5, 5.41) is 10.1. The van der Waals surface area contributed by atoms with E-state index in [-0.39, 0.29) is 0 Å². The van der Waals surface area contributed by atoms with Crippen molar-refractivity contribution < 1.29 is 0 Å². The largest absolute Gasteiger partial charge is 0.359 e. The first-order chi connectivity index (χ1) is 15.5. The van der Waals surface area contributed by atoms with Crippen LogP contribution in [0, 0.1) is 0 Å². The quantitative estimate of drug-likeness (QED) is 0.328. The van der Waals surface area contributed by atoms with Gasteiger partial charge < -0.3 is 15.6 Å². The molecule has 32 heavy (non-hydrogen) atoms. The van der Waals surface area contributed by atoms with Crippen LogP contribution in [0.3, 0.4) is 0 Å². The zero-order valence-electron chi connectivity index (χ0n) is 18.8. The van der Waals surface area contributed by atoms with Crippen molar-refractivity contribution in [1.82, 2.24) is 4.98 Å². The van der Waals surface area contributed by atoms with Crippen molar-refractivity contribution in [2.24, 2.45) is 0 Å². The van der Waals surface area contributed by atoms with E-state index in [0.29, 0.717) is 0 Å². The third-order valence-electron chi connectivity index (χ3n) is 5.72. The van der Waals surface area contributed by atoms with Crippen LogP contribution < -0.4 is 21.2 Å². The molecule has 0 saturated heterocycles. The molecule has 0 radical (unpaired) electrons. The highest BCUT2D eigenvalue weighted by atomic mass is 14.9. The monoisotopic (exact) mass is 419 g/mol. The molecule has 4 aromatic rings. The third kappa shape index (κ3) is 4.37. The lowest BCUT2D eigenvalue weighted by Crippen LogP contribution is -2.25. The Labute approximate surface area is 189 Å². The van der Waals surface area contributed by atoms with Crippen molar-refractivity contribution in [3.05, 3.63) is 108 Å². The summed E-state index contributed by atoms with van der Waals surface area (Å²) in [6.45, 7) is 16.8. The van der Waals surface area contributed by atoms with Crippen LogP contribution in [-0.4, -0.2) is 4.98 Å². The molecule has 3 N–H and O–H groups in total. The number of fused-ring (bicyclic) bond motifs is 1. The van der Waals surface area contributed by atoms with Gasteiger partial charge >= 0.3 is 0 Å². The average molecular weight is 420 g/mol. The van der Waals surface area contributed by atoms with Gasteiger partial charge in [0.1, 0.15) is 0 Å². The van der Waals surface area contributed by atoms with Gasteiger partial charge in [-0.2, -0.15) is 0 Å². The van der Waals surface area contributed by atoms with E-state index in [1.54, 1.807) is 0 Å². The second kappa shape index (κ2) is 9.03. The summed E-state index contributed by atoms with van der Waals surface area (Å²) in [5.74, 6) is 0. The number of nitrogens with one attached hydrogen (secondary N) is 3. The lowest BCUT2D eigenvalue weighted by atomic mass is 10.0. The Morgan fingerprint density at radius 2 is 1.50 bits per heavy atom. The van der Waals surface area contributed by atoms with E-state index in [9.17, 15) is 0 Å². The number of anilines is 2. The number of aromatic nitrogens is 1. The highest BCUT2D eigenvalue weighted by Crippen LogP contribution is 2.21. The molecular weight excluding hydrogens is 390 g/mol. The molecule has 0 amide bonds. The summed E-state index contributed by atoms with van der Waals surface area (Å²) in [4.78, 5) is 3.40. The Hall–Kier alpha value is -3.98. The molecule has 1 heterocycles. The number of H-pyrrole nitrogens is 1. The van der Waals surface area contributed by atoms with E-state index in [2.05, 4.69) is 91.7 Å². The zero-order valence-corrected chi connectivity index (χ0v) is 18.8. The predicted octanol–water partition coefficient (Wildman–Crippen LogP) is 6.32. The van der Waals surface area contributed by atoms with Gasteiger partial charge in [0.25, 0.3) is 0 Å². The number of benzene rings is 3. The van der Waals surface area contributed by atoms with Gasteiger partial charge in [-0.25, -0.2) is 0 Å². The molecule has 0 bridgehead atoms. The maximum Gasteiger partial charge on any atom is 0.0465 e. The van der Waals surface area contributed by atoms with Gasteiger partial charge in [0.2, 0.25) is 0 Å². The first-order valence-electron chi connectivity index (χ1n) is 10.8. The Bertz CT molecular complexity index is 1390. The van der Waals surface area contributed by atoms with E-state index >= 15 is 0 Å². The summed E-state index contributed by atoms with van der Waals surface area (Å²) in [7, 11) is 0. The minimum atomic E-state index is 0.865. The van der Waals surface area contributed by atoms with Crippen LogP contribution in [0.4, 0.5) is 11.4 Å². The lowest BCUT2D eigenvalue weighted by molar-refractivity contribution is 1.25. The second-order valence-electron chi connectivity index (χ2n) is 7.99. The maximum atomic E-state index is 4.23. The summed E-state index contributed by atoms with van der Waals surface area (Å²) < 4.78 is 0. The van der Waals surface area contributed by atoms with E-state index in [1.165, 1.54) is 5.56 Å². The minimum Gasteiger partial charge on any atom is -0.359 e. The van der Waals surface area contributed by atoms with Crippen LogP contribution in [0.2, 0.25) is 0 Å². The molecule has 1 aromatic heterocycles. The highest BCUT2D eigenvalue weighted by Gasteiger charge is 2.07. The van der Waals surface area contributed by atoms with E-state index < -0.39 is 0 Å². The molecule has 4 rings (SSSR count). The predicted molar refractivity (Wildman–Crippen MR) is 141 cm³/mol. The number of allylic oxidation sites excluding steroid dienone is 1. The van der Waals surface area contributed by atoms with Crippen molar-refractivity contribution >= 4 is 45.8 Å². The summed E-state index contributed by atoms with van der Waals surface area (Å²) in [6.07, 6.45) is 0.931. The fourth-order valence-corrected chi connectivity index (χ4v) is 3.90. The van der Waals surface area contributed by atoms with Crippen molar-refractivity contribution in [3.8, 4) is 0 Å². The van der Waals surface area contributed by atoms with Crippen LogP contribution in [0.1, 0.15) is 31.4 Å². The third-order valence-corrected chi connectivity index (χ3v) is 5.72. The molecular formula is C29H29N3. The van der Waals surface area contributed by atoms with Gasteiger partial charge in [-0.3, -0.25) is 0 Å². The van der Waals surface area contributed by atoms with Crippen LogP contribution in [0.15, 0.2) is 86.0 Å². The molecule has 0 fully saturated rings. The Morgan fingerprint density at radius 3 is 2.19 bits per heavy atom. The van der Waals surface area contributed by atoms with Gasteiger partial charge in [-0.05, 0) is 66.4 Å². The highest BCUT2D eigenvalue weighted by molar-refractivity contribution is 5.87. The number of hydrogen-bond donors (Lipinski definition) is 3. The van der Waals surface area contributed by atoms with Crippen LogP contribution >= 0.6 is 0 Å². The molecule has 0 saturated carbocycles. The first kappa shape index (κ1) is 21.3. The number of hydrogen-bond acceptors (Lipinski definition) is 2. The second-order valence-corrected chi connectivity index (χ2v) is 7.99. The van der Waals surface area contributed by atoms with Gasteiger partial charge in [-0.15, -0.1) is 0 Å². The molecule has 0 aliphatic carbocycles. The Morgan fingerprint density at radius 1 is 0.844 bits per heavy atom. The molecule has 160 valence electrons. The topological polar surface area (TPSA) is 39.9 Å². The van der Waals surface area contributed by atoms with Crippen molar-refractivity contribution in [2.75, 3.05) is 10.6 Å². The molecule has 0 aliphatic heterocycles. The molecule has 3 nitrogen and oxygen atoms in total. The van der Waals surface area contributed by atoms with Crippen molar-refractivity contribution in [2.45, 2.75) is 20.3 Å². The fraction of sp³-hybridized carbons (Fsp3) is 0.103. The smallest absolute Gasteiger partial charge is 0.0465 e.